The highest BCUT2D eigenvalue weighted by Crippen LogP contribution is 2.42. The number of fused-ring (bicyclic) bond motifs is 4. The number of nitrogens with zero attached hydrogens (tertiary/aromatic N) is 2. The number of hydrogen-bond acceptors (Lipinski definition) is 1. The Morgan fingerprint density at radius 2 is 0.783 bits per heavy atom. The average Bonchev–Trinajstić information content (AvgIpc) is 3.67. The Balaban J connectivity index is 1.06. The van der Waals surface area contributed by atoms with Gasteiger partial charge in [-0.25, -0.2) is 0 Å². The van der Waals surface area contributed by atoms with Gasteiger partial charge in [0.15, 0.2) is 0 Å². The third kappa shape index (κ3) is 6.41. The molecule has 0 aliphatic heterocycles. The number of aromatic nitrogens is 1. The lowest BCUT2D eigenvalue weighted by Gasteiger charge is -2.27. The van der Waals surface area contributed by atoms with E-state index in [1.165, 1.54) is 71.5 Å². The van der Waals surface area contributed by atoms with Crippen molar-refractivity contribution in [3.05, 3.63) is 243 Å². The zero-order valence-corrected chi connectivity index (χ0v) is 33.0. The summed E-state index contributed by atoms with van der Waals surface area (Å²) in [5.41, 5.74) is 16.3. The first-order valence-electron chi connectivity index (χ1n) is 20.6. The SMILES string of the molecule is c1ccc(-c2ccc(N(c3ccc(-c4ccc5ccccc5c4)cc3)c3cccc(-c4cc(-n5c6ccccc6c6ccccc65)ccc4-c4ccccc4)c3)cc2)cc1. The van der Waals surface area contributed by atoms with Crippen molar-refractivity contribution in [1.29, 1.82) is 0 Å². The van der Waals surface area contributed by atoms with E-state index in [9.17, 15) is 0 Å². The molecule has 282 valence electrons. The molecule has 0 unspecified atom stereocenters. The summed E-state index contributed by atoms with van der Waals surface area (Å²) in [4.78, 5) is 2.38. The van der Waals surface area contributed by atoms with E-state index in [1.807, 2.05) is 0 Å². The highest BCUT2D eigenvalue weighted by molar-refractivity contribution is 6.09. The van der Waals surface area contributed by atoms with Gasteiger partial charge in [-0.05, 0) is 122 Å². The number of hydrogen-bond donors (Lipinski definition) is 0. The first-order chi connectivity index (χ1) is 29.7. The van der Waals surface area contributed by atoms with E-state index in [1.54, 1.807) is 0 Å². The molecule has 0 saturated carbocycles. The highest BCUT2D eigenvalue weighted by atomic mass is 15.1. The second kappa shape index (κ2) is 15.1. The van der Waals surface area contributed by atoms with Crippen molar-refractivity contribution >= 4 is 49.6 Å². The second-order valence-corrected chi connectivity index (χ2v) is 15.4. The Bertz CT molecular complexity index is 3240. The van der Waals surface area contributed by atoms with Gasteiger partial charge in [-0.2, -0.15) is 0 Å². The topological polar surface area (TPSA) is 8.17 Å². The van der Waals surface area contributed by atoms with Gasteiger partial charge >= 0.3 is 0 Å². The Morgan fingerprint density at radius 3 is 1.45 bits per heavy atom. The second-order valence-electron chi connectivity index (χ2n) is 15.4. The van der Waals surface area contributed by atoms with E-state index in [0.717, 1.165) is 28.3 Å². The Morgan fingerprint density at radius 1 is 0.267 bits per heavy atom. The van der Waals surface area contributed by atoms with Crippen LogP contribution in [0.25, 0.3) is 82.8 Å². The quantitative estimate of drug-likeness (QED) is 0.150. The molecule has 0 atom stereocenters. The van der Waals surface area contributed by atoms with Crippen molar-refractivity contribution in [3.63, 3.8) is 0 Å². The lowest BCUT2D eigenvalue weighted by Crippen LogP contribution is -2.10. The van der Waals surface area contributed by atoms with Crippen molar-refractivity contribution < 1.29 is 0 Å². The zero-order valence-electron chi connectivity index (χ0n) is 33.0. The molecule has 0 bridgehead atoms. The standard InChI is InChI=1S/C58H40N2/c1-3-14-41(15-4-1)43-28-32-49(33-29-43)59(50-34-30-44(31-35-50)47-27-26-42-16-7-8-19-46(42)38-47)51-21-13-20-48(39-51)56-40-52(36-37-53(56)45-17-5-2-6-18-45)60-57-24-11-9-22-54(57)55-23-10-12-25-58(55)60/h1-40H. The molecule has 2 nitrogen and oxygen atoms in total. The Kier molecular flexibility index (Phi) is 8.87. The largest absolute Gasteiger partial charge is 0.310 e. The van der Waals surface area contributed by atoms with E-state index >= 15 is 0 Å². The van der Waals surface area contributed by atoms with E-state index in [4.69, 9.17) is 0 Å². The number of rotatable bonds is 8. The van der Waals surface area contributed by atoms with Gasteiger partial charge in [-0.15, -0.1) is 0 Å². The molecule has 0 radical (unpaired) electrons. The minimum Gasteiger partial charge on any atom is -0.310 e. The summed E-state index contributed by atoms with van der Waals surface area (Å²) in [5, 5.41) is 5.00. The minimum absolute atomic E-state index is 1.08. The third-order valence-electron chi connectivity index (χ3n) is 11.8. The third-order valence-corrected chi connectivity index (χ3v) is 11.8. The smallest absolute Gasteiger partial charge is 0.0541 e. The molecule has 60 heavy (non-hydrogen) atoms. The molecule has 0 saturated heterocycles. The molecule has 11 rings (SSSR count). The minimum atomic E-state index is 1.08. The summed E-state index contributed by atoms with van der Waals surface area (Å²) in [7, 11) is 0. The summed E-state index contributed by atoms with van der Waals surface area (Å²) in [6, 6.07) is 87.9. The van der Waals surface area contributed by atoms with Crippen LogP contribution in [-0.2, 0) is 0 Å². The molecule has 0 aliphatic rings. The number of para-hydroxylation sites is 2. The van der Waals surface area contributed by atoms with Crippen LogP contribution in [0.1, 0.15) is 0 Å². The van der Waals surface area contributed by atoms with Gasteiger partial charge in [0, 0.05) is 33.5 Å². The molecule has 11 aromatic rings. The van der Waals surface area contributed by atoms with E-state index < -0.39 is 0 Å². The molecule has 0 spiro atoms. The van der Waals surface area contributed by atoms with E-state index in [2.05, 4.69) is 252 Å². The van der Waals surface area contributed by atoms with Gasteiger partial charge in [0.1, 0.15) is 0 Å². The summed E-state index contributed by atoms with van der Waals surface area (Å²) in [6.07, 6.45) is 0. The lowest BCUT2D eigenvalue weighted by atomic mass is 9.93. The Hall–Kier alpha value is -7.94. The summed E-state index contributed by atoms with van der Waals surface area (Å²) in [5.74, 6) is 0. The molecule has 0 amide bonds. The molecule has 0 N–H and O–H groups in total. The summed E-state index contributed by atoms with van der Waals surface area (Å²) in [6.45, 7) is 0. The molecule has 0 fully saturated rings. The molecule has 0 aliphatic carbocycles. The molecule has 10 aromatic carbocycles. The average molecular weight is 765 g/mol. The molecule has 2 heteroatoms. The van der Waals surface area contributed by atoms with Gasteiger partial charge in [-0.3, -0.25) is 0 Å². The number of anilines is 3. The van der Waals surface area contributed by atoms with Crippen molar-refractivity contribution in [2.75, 3.05) is 4.90 Å². The monoisotopic (exact) mass is 764 g/mol. The maximum Gasteiger partial charge on any atom is 0.0541 e. The van der Waals surface area contributed by atoms with E-state index in [-0.39, 0.29) is 0 Å². The van der Waals surface area contributed by atoms with Crippen LogP contribution in [-0.4, -0.2) is 4.57 Å². The molecular weight excluding hydrogens is 725 g/mol. The van der Waals surface area contributed by atoms with Crippen molar-refractivity contribution in [2.24, 2.45) is 0 Å². The maximum absolute atomic E-state index is 2.41. The van der Waals surface area contributed by atoms with Gasteiger partial charge in [0.25, 0.3) is 0 Å². The fourth-order valence-electron chi connectivity index (χ4n) is 8.85. The predicted octanol–water partition coefficient (Wildman–Crippen LogP) is 16.1. The summed E-state index contributed by atoms with van der Waals surface area (Å²) < 4.78 is 2.41. The van der Waals surface area contributed by atoms with Gasteiger partial charge < -0.3 is 9.47 Å². The first kappa shape index (κ1) is 35.2. The summed E-state index contributed by atoms with van der Waals surface area (Å²) >= 11 is 0. The fraction of sp³-hybridized carbons (Fsp3) is 0. The van der Waals surface area contributed by atoms with Crippen molar-refractivity contribution in [3.8, 4) is 50.2 Å². The van der Waals surface area contributed by atoms with Gasteiger partial charge in [0.05, 0.1) is 11.0 Å². The fourth-order valence-corrected chi connectivity index (χ4v) is 8.85. The van der Waals surface area contributed by atoms with Crippen LogP contribution in [0.4, 0.5) is 17.1 Å². The molecule has 1 aromatic heterocycles. The van der Waals surface area contributed by atoms with Crippen molar-refractivity contribution in [2.45, 2.75) is 0 Å². The van der Waals surface area contributed by atoms with Crippen LogP contribution in [0, 0.1) is 0 Å². The lowest BCUT2D eigenvalue weighted by molar-refractivity contribution is 1.18. The van der Waals surface area contributed by atoms with Crippen LogP contribution in [0.3, 0.4) is 0 Å². The molecular formula is C58H40N2. The van der Waals surface area contributed by atoms with Crippen molar-refractivity contribution in [1.82, 2.24) is 4.57 Å². The normalized spacial score (nSPS) is 11.3. The van der Waals surface area contributed by atoms with Crippen LogP contribution < -0.4 is 4.90 Å². The van der Waals surface area contributed by atoms with Crippen LogP contribution in [0.2, 0.25) is 0 Å². The van der Waals surface area contributed by atoms with E-state index in [0.29, 0.717) is 0 Å². The highest BCUT2D eigenvalue weighted by Gasteiger charge is 2.18. The number of benzene rings is 10. The Labute approximate surface area is 350 Å². The van der Waals surface area contributed by atoms with Crippen LogP contribution in [0.15, 0.2) is 243 Å². The predicted molar refractivity (Wildman–Crippen MR) is 255 cm³/mol. The van der Waals surface area contributed by atoms with Crippen LogP contribution >= 0.6 is 0 Å². The maximum atomic E-state index is 2.41. The van der Waals surface area contributed by atoms with Gasteiger partial charge in [-0.1, -0.05) is 176 Å². The molecule has 1 heterocycles. The van der Waals surface area contributed by atoms with Gasteiger partial charge in [0.2, 0.25) is 0 Å². The first-order valence-corrected chi connectivity index (χ1v) is 20.6. The zero-order chi connectivity index (χ0) is 39.8. The van der Waals surface area contributed by atoms with Crippen LogP contribution in [0.5, 0.6) is 0 Å².